The Morgan fingerprint density at radius 3 is 2.47 bits per heavy atom. The number of hydrogen-bond donors (Lipinski definition) is 2. The molecule has 4 aromatic carbocycles. The molecule has 1 aliphatic heterocycles. The number of carbonyl (C=O) groups excluding carboxylic acids is 1. The van der Waals surface area contributed by atoms with Crippen molar-refractivity contribution >= 4 is 5.91 Å². The van der Waals surface area contributed by atoms with Crippen molar-refractivity contribution in [2.45, 2.75) is 38.1 Å². The number of carbonyl (C=O) groups is 1. The Morgan fingerprint density at radius 1 is 0.936 bits per heavy atom. The number of aryl methyl sites for hydroxylation is 1. The molecule has 1 aliphatic rings. The van der Waals surface area contributed by atoms with Gasteiger partial charge in [0.25, 0.3) is 5.91 Å². The van der Waals surface area contributed by atoms with Gasteiger partial charge in [-0.1, -0.05) is 66.7 Å². The highest BCUT2D eigenvalue weighted by Gasteiger charge is 2.24. The van der Waals surface area contributed by atoms with Crippen molar-refractivity contribution in [1.29, 1.82) is 0 Å². The summed E-state index contributed by atoms with van der Waals surface area (Å²) in [4.78, 5) is 19.3. The molecule has 0 radical (unpaired) electrons. The number of aliphatic hydroxyl groups excluding tert-OH is 1. The van der Waals surface area contributed by atoms with Gasteiger partial charge >= 0.3 is 0 Å². The average Bonchev–Trinajstić information content (AvgIpc) is 3.11. The van der Waals surface area contributed by atoms with Crippen LogP contribution in [0.3, 0.4) is 0 Å². The third-order valence-electron chi connectivity index (χ3n) is 8.15. The first-order valence-corrected chi connectivity index (χ1v) is 15.9. The normalized spacial score (nSPS) is 14.6. The summed E-state index contributed by atoms with van der Waals surface area (Å²) in [6, 6.07) is 35.6. The minimum atomic E-state index is -0.660. The van der Waals surface area contributed by atoms with Crippen molar-refractivity contribution in [3.8, 4) is 22.6 Å². The number of aliphatic hydroxyl groups is 1. The van der Waals surface area contributed by atoms with Crippen molar-refractivity contribution in [3.05, 3.63) is 150 Å². The van der Waals surface area contributed by atoms with E-state index in [1.54, 1.807) is 24.4 Å². The molecule has 0 saturated carbocycles. The smallest absolute Gasteiger partial charge is 0.270 e. The Morgan fingerprint density at radius 2 is 1.68 bits per heavy atom. The van der Waals surface area contributed by atoms with Crippen molar-refractivity contribution in [2.24, 2.45) is 0 Å². The number of nitrogens with zero attached hydrogens (tertiary/aromatic N) is 2. The third-order valence-corrected chi connectivity index (χ3v) is 8.15. The predicted octanol–water partition coefficient (Wildman–Crippen LogP) is 6.45. The van der Waals surface area contributed by atoms with Crippen LogP contribution in [0.15, 0.2) is 121 Å². The molecule has 240 valence electrons. The number of rotatable bonds is 13. The van der Waals surface area contributed by atoms with Crippen LogP contribution >= 0.6 is 0 Å². The zero-order valence-corrected chi connectivity index (χ0v) is 26.1. The molecular formula is C39H38FN3O4. The molecule has 1 amide bonds. The average molecular weight is 632 g/mol. The second-order valence-corrected chi connectivity index (χ2v) is 11.8. The number of pyridine rings is 1. The van der Waals surface area contributed by atoms with E-state index in [0.717, 1.165) is 46.6 Å². The molecule has 2 atom stereocenters. The van der Waals surface area contributed by atoms with E-state index in [2.05, 4.69) is 33.4 Å². The van der Waals surface area contributed by atoms with Crippen LogP contribution in [-0.2, 0) is 19.5 Å². The van der Waals surface area contributed by atoms with Crippen LogP contribution in [0.4, 0.5) is 4.39 Å². The van der Waals surface area contributed by atoms with Crippen LogP contribution in [0.1, 0.15) is 33.6 Å². The van der Waals surface area contributed by atoms with Crippen LogP contribution in [0.25, 0.3) is 11.1 Å². The van der Waals surface area contributed by atoms with E-state index in [-0.39, 0.29) is 31.0 Å². The largest absolute Gasteiger partial charge is 0.491 e. The summed E-state index contributed by atoms with van der Waals surface area (Å²) in [7, 11) is 0. The van der Waals surface area contributed by atoms with E-state index in [9.17, 15) is 14.3 Å². The summed E-state index contributed by atoms with van der Waals surface area (Å²) in [5.41, 5.74) is 5.27. The monoisotopic (exact) mass is 631 g/mol. The Kier molecular flexibility index (Phi) is 10.5. The predicted molar refractivity (Wildman–Crippen MR) is 180 cm³/mol. The van der Waals surface area contributed by atoms with Gasteiger partial charge in [0.05, 0.1) is 0 Å². The lowest BCUT2D eigenvalue weighted by atomic mass is 9.96. The summed E-state index contributed by atoms with van der Waals surface area (Å²) in [6.07, 6.45) is 2.63. The van der Waals surface area contributed by atoms with Crippen molar-refractivity contribution < 1.29 is 23.8 Å². The molecule has 0 bridgehead atoms. The second kappa shape index (κ2) is 15.5. The summed E-state index contributed by atoms with van der Waals surface area (Å²) in [5, 5.41) is 13.7. The standard InChI is InChI=1S/C39H38FN3O4/c40-33-15-11-28(12-16-33)23-42-39(45)37-22-31(19-20-41-37)30-14-18-38-32(21-30)13-17-36(47-38)26-43(24-29-7-3-1-4-8-29)25-34(44)27-46-35-9-5-2-6-10-35/h1-12,14-16,18-22,34,36,44H,13,17,23-27H2,(H,42,45). The van der Waals surface area contributed by atoms with Gasteiger partial charge in [0.1, 0.15) is 41.8 Å². The number of amides is 1. The molecule has 2 N–H and O–H groups in total. The first-order valence-electron chi connectivity index (χ1n) is 15.9. The molecule has 2 unspecified atom stereocenters. The van der Waals surface area contributed by atoms with Gasteiger partial charge in [-0.3, -0.25) is 14.7 Å². The highest BCUT2D eigenvalue weighted by molar-refractivity contribution is 5.93. The van der Waals surface area contributed by atoms with Crippen LogP contribution in [0.5, 0.6) is 11.5 Å². The van der Waals surface area contributed by atoms with Crippen LogP contribution in [-0.4, -0.2) is 52.8 Å². The minimum Gasteiger partial charge on any atom is -0.491 e. The van der Waals surface area contributed by atoms with Crippen molar-refractivity contribution in [2.75, 3.05) is 19.7 Å². The Labute approximate surface area is 274 Å². The van der Waals surface area contributed by atoms with Gasteiger partial charge in [0.15, 0.2) is 0 Å². The first-order chi connectivity index (χ1) is 23.0. The van der Waals surface area contributed by atoms with E-state index in [1.165, 1.54) is 17.7 Å². The Bertz CT molecular complexity index is 1750. The van der Waals surface area contributed by atoms with Crippen LogP contribution in [0, 0.1) is 5.82 Å². The summed E-state index contributed by atoms with van der Waals surface area (Å²) < 4.78 is 25.5. The molecule has 47 heavy (non-hydrogen) atoms. The maximum absolute atomic E-state index is 13.2. The molecule has 0 saturated heterocycles. The SMILES string of the molecule is O=C(NCc1ccc(F)cc1)c1cc(-c2ccc3c(c2)CCC(CN(Cc2ccccc2)CC(O)COc2ccccc2)O3)ccn1. The third kappa shape index (κ3) is 9.03. The molecule has 7 nitrogen and oxygen atoms in total. The van der Waals surface area contributed by atoms with Gasteiger partial charge in [0.2, 0.25) is 0 Å². The quantitative estimate of drug-likeness (QED) is 0.155. The van der Waals surface area contributed by atoms with E-state index in [0.29, 0.717) is 25.3 Å². The molecule has 1 aromatic heterocycles. The molecule has 2 heterocycles. The zero-order chi connectivity index (χ0) is 32.4. The highest BCUT2D eigenvalue weighted by atomic mass is 19.1. The van der Waals surface area contributed by atoms with Gasteiger partial charge in [-0.25, -0.2) is 4.39 Å². The molecule has 0 fully saturated rings. The fourth-order valence-electron chi connectivity index (χ4n) is 5.76. The Hall–Kier alpha value is -5.05. The van der Waals surface area contributed by atoms with E-state index < -0.39 is 6.10 Å². The molecule has 6 rings (SSSR count). The Balaban J connectivity index is 1.08. The number of aromatic nitrogens is 1. The van der Waals surface area contributed by atoms with Crippen LogP contribution in [0.2, 0.25) is 0 Å². The molecule has 5 aromatic rings. The molecule has 8 heteroatoms. The van der Waals surface area contributed by atoms with Gasteiger partial charge < -0.3 is 19.9 Å². The molecular weight excluding hydrogens is 593 g/mol. The fourth-order valence-corrected chi connectivity index (χ4v) is 5.76. The number of para-hydroxylation sites is 1. The lowest BCUT2D eigenvalue weighted by Gasteiger charge is -2.32. The number of fused-ring (bicyclic) bond motifs is 1. The topological polar surface area (TPSA) is 83.9 Å². The van der Waals surface area contributed by atoms with Gasteiger partial charge in [-0.05, 0) is 89.2 Å². The molecule has 0 aliphatic carbocycles. The summed E-state index contributed by atoms with van der Waals surface area (Å²) in [5.74, 6) is 0.980. The lowest BCUT2D eigenvalue weighted by molar-refractivity contribution is 0.0434. The number of hydrogen-bond acceptors (Lipinski definition) is 6. The fraction of sp³-hybridized carbons (Fsp3) is 0.231. The minimum absolute atomic E-state index is 0.0309. The number of halogens is 1. The van der Waals surface area contributed by atoms with E-state index >= 15 is 0 Å². The summed E-state index contributed by atoms with van der Waals surface area (Å²) >= 11 is 0. The zero-order valence-electron chi connectivity index (χ0n) is 26.1. The number of ether oxygens (including phenoxy) is 2. The van der Waals surface area contributed by atoms with Crippen LogP contribution < -0.4 is 14.8 Å². The number of benzene rings is 4. The van der Waals surface area contributed by atoms with Gasteiger partial charge in [-0.15, -0.1) is 0 Å². The van der Waals surface area contributed by atoms with Crippen molar-refractivity contribution in [1.82, 2.24) is 15.2 Å². The number of nitrogens with one attached hydrogen (secondary N) is 1. The van der Waals surface area contributed by atoms with Gasteiger partial charge in [0, 0.05) is 32.4 Å². The van der Waals surface area contributed by atoms with E-state index in [1.807, 2.05) is 66.7 Å². The van der Waals surface area contributed by atoms with E-state index in [4.69, 9.17) is 9.47 Å². The lowest BCUT2D eigenvalue weighted by Crippen LogP contribution is -2.42. The first kappa shape index (κ1) is 31.9. The molecule has 0 spiro atoms. The second-order valence-electron chi connectivity index (χ2n) is 11.8. The maximum Gasteiger partial charge on any atom is 0.270 e. The summed E-state index contributed by atoms with van der Waals surface area (Å²) in [6.45, 7) is 2.30. The maximum atomic E-state index is 13.2. The van der Waals surface area contributed by atoms with Crippen molar-refractivity contribution in [3.63, 3.8) is 0 Å². The van der Waals surface area contributed by atoms with Gasteiger partial charge in [-0.2, -0.15) is 0 Å². The highest BCUT2D eigenvalue weighted by Crippen LogP contribution is 2.32.